The minimum absolute atomic E-state index is 0.109. The molecule has 0 aromatic heterocycles. The number of nitrogens with zero attached hydrogens (tertiary/aromatic N) is 2. The largest absolute Gasteiger partial charge is 0.323 e. The van der Waals surface area contributed by atoms with Crippen molar-refractivity contribution in [3.8, 4) is 0 Å². The number of benzene rings is 2. The zero-order chi connectivity index (χ0) is 16.9. The number of hydrogen-bond donors (Lipinski definition) is 0. The Morgan fingerprint density at radius 2 is 1.50 bits per heavy atom. The summed E-state index contributed by atoms with van der Waals surface area (Å²) in [6.07, 6.45) is 2.25. The van der Waals surface area contributed by atoms with Crippen molar-refractivity contribution in [2.75, 3.05) is 19.6 Å². The topological polar surface area (TPSA) is 23.6 Å². The van der Waals surface area contributed by atoms with Gasteiger partial charge in [0.25, 0.3) is 0 Å². The van der Waals surface area contributed by atoms with Crippen LogP contribution in [0.15, 0.2) is 66.7 Å². The lowest BCUT2D eigenvalue weighted by atomic mass is 9.96. The van der Waals surface area contributed by atoms with Gasteiger partial charge in [-0.05, 0) is 30.5 Å². The molecule has 1 unspecified atom stereocenters. The molecule has 3 nitrogen and oxygen atoms in total. The lowest BCUT2D eigenvalue weighted by Crippen LogP contribution is -2.34. The van der Waals surface area contributed by atoms with Crippen LogP contribution in [0.3, 0.4) is 0 Å². The van der Waals surface area contributed by atoms with Crippen molar-refractivity contribution in [1.29, 1.82) is 0 Å². The minimum Gasteiger partial charge on any atom is -0.323 e. The Bertz CT molecular complexity index is 668. The zero-order valence-electron chi connectivity index (χ0n) is 14.4. The molecule has 1 fully saturated rings. The van der Waals surface area contributed by atoms with Gasteiger partial charge in [0.15, 0.2) is 0 Å². The molecule has 1 aliphatic rings. The lowest BCUT2D eigenvalue weighted by Gasteiger charge is -2.20. The van der Waals surface area contributed by atoms with Crippen molar-refractivity contribution < 1.29 is 4.79 Å². The maximum Gasteiger partial charge on any atom is 0.320 e. The summed E-state index contributed by atoms with van der Waals surface area (Å²) in [4.78, 5) is 16.3. The Balaban J connectivity index is 2.02. The monoisotopic (exact) mass is 320 g/mol. The van der Waals surface area contributed by atoms with Gasteiger partial charge in [0.05, 0.1) is 6.04 Å². The Kier molecular flexibility index (Phi) is 4.99. The van der Waals surface area contributed by atoms with Crippen LogP contribution in [0.2, 0.25) is 0 Å². The molecule has 1 saturated heterocycles. The van der Waals surface area contributed by atoms with Gasteiger partial charge in [0, 0.05) is 19.6 Å². The second-order valence-electron chi connectivity index (χ2n) is 5.99. The van der Waals surface area contributed by atoms with Crippen molar-refractivity contribution in [2.45, 2.75) is 19.9 Å². The van der Waals surface area contributed by atoms with E-state index in [0.29, 0.717) is 0 Å². The van der Waals surface area contributed by atoms with E-state index < -0.39 is 0 Å². The highest BCUT2D eigenvalue weighted by atomic mass is 16.2. The fourth-order valence-corrected chi connectivity index (χ4v) is 3.29. The van der Waals surface area contributed by atoms with E-state index in [1.807, 2.05) is 35.8 Å². The molecule has 0 bridgehead atoms. The third-order valence-corrected chi connectivity index (χ3v) is 4.58. The van der Waals surface area contributed by atoms with Crippen molar-refractivity contribution >= 4 is 11.6 Å². The van der Waals surface area contributed by atoms with Gasteiger partial charge in [-0.1, -0.05) is 66.7 Å². The molecule has 0 N–H and O–H groups in total. The van der Waals surface area contributed by atoms with E-state index in [1.54, 1.807) is 0 Å². The molecule has 2 amide bonds. The number of hydrogen-bond acceptors (Lipinski definition) is 1. The highest BCUT2D eigenvalue weighted by Crippen LogP contribution is 2.27. The molecule has 0 aliphatic carbocycles. The van der Waals surface area contributed by atoms with Crippen LogP contribution in [0.5, 0.6) is 0 Å². The Morgan fingerprint density at radius 3 is 1.96 bits per heavy atom. The van der Waals surface area contributed by atoms with Crippen molar-refractivity contribution in [2.24, 2.45) is 0 Å². The fourth-order valence-electron chi connectivity index (χ4n) is 3.29. The van der Waals surface area contributed by atoms with Crippen molar-refractivity contribution in [1.82, 2.24) is 9.80 Å². The summed E-state index contributed by atoms with van der Waals surface area (Å²) in [7, 11) is 0. The third kappa shape index (κ3) is 3.21. The average molecular weight is 320 g/mol. The fraction of sp³-hybridized carbons (Fsp3) is 0.286. The van der Waals surface area contributed by atoms with E-state index in [9.17, 15) is 4.79 Å². The quantitative estimate of drug-likeness (QED) is 0.807. The highest BCUT2D eigenvalue weighted by Gasteiger charge is 2.34. The molecule has 1 aliphatic heterocycles. The summed E-state index contributed by atoms with van der Waals surface area (Å²) in [6, 6.07) is 21.1. The highest BCUT2D eigenvalue weighted by molar-refractivity contribution is 5.82. The number of carbonyl (C=O) groups is 1. The predicted octanol–water partition coefficient (Wildman–Crippen LogP) is 4.26. The van der Waals surface area contributed by atoms with Crippen LogP contribution < -0.4 is 0 Å². The molecular weight excluding hydrogens is 296 g/mol. The Labute approximate surface area is 144 Å². The summed E-state index contributed by atoms with van der Waals surface area (Å²) in [5, 5.41) is 0. The van der Waals surface area contributed by atoms with Crippen LogP contribution in [-0.4, -0.2) is 41.5 Å². The van der Waals surface area contributed by atoms with E-state index in [0.717, 1.165) is 19.6 Å². The predicted molar refractivity (Wildman–Crippen MR) is 98.8 cm³/mol. The Morgan fingerprint density at radius 1 is 0.958 bits per heavy atom. The molecule has 1 atom stereocenters. The molecule has 3 rings (SSSR count). The third-order valence-electron chi connectivity index (χ3n) is 4.58. The van der Waals surface area contributed by atoms with Crippen molar-refractivity contribution in [3.05, 3.63) is 77.9 Å². The van der Waals surface area contributed by atoms with Gasteiger partial charge in [0.1, 0.15) is 0 Å². The van der Waals surface area contributed by atoms with E-state index in [4.69, 9.17) is 0 Å². The first-order chi connectivity index (χ1) is 11.7. The smallest absolute Gasteiger partial charge is 0.320 e. The lowest BCUT2D eigenvalue weighted by molar-refractivity contribution is 0.193. The maximum atomic E-state index is 12.5. The molecule has 2 aromatic rings. The van der Waals surface area contributed by atoms with Crippen molar-refractivity contribution in [3.63, 3.8) is 0 Å². The van der Waals surface area contributed by atoms with Gasteiger partial charge in [-0.3, -0.25) is 0 Å². The van der Waals surface area contributed by atoms with Gasteiger partial charge in [-0.15, -0.1) is 0 Å². The first-order valence-corrected chi connectivity index (χ1v) is 8.62. The van der Waals surface area contributed by atoms with E-state index in [2.05, 4.69) is 54.6 Å². The van der Waals surface area contributed by atoms with Crippen LogP contribution in [0.25, 0.3) is 5.57 Å². The van der Waals surface area contributed by atoms with Crippen LogP contribution in [0, 0.1) is 0 Å². The number of carbonyl (C=O) groups excluding carboxylic acids is 1. The summed E-state index contributed by atoms with van der Waals surface area (Å²) < 4.78 is 0. The maximum absolute atomic E-state index is 12.5. The zero-order valence-corrected chi connectivity index (χ0v) is 14.4. The second-order valence-corrected chi connectivity index (χ2v) is 5.99. The van der Waals surface area contributed by atoms with Gasteiger partial charge in [-0.2, -0.15) is 0 Å². The van der Waals surface area contributed by atoms with E-state index >= 15 is 0 Å². The number of likely N-dealkylation sites (N-methyl/N-ethyl adjacent to an activating group) is 2. The molecule has 0 radical (unpaired) electrons. The van der Waals surface area contributed by atoms with Crippen LogP contribution in [-0.2, 0) is 0 Å². The van der Waals surface area contributed by atoms with E-state index in [1.165, 1.54) is 16.7 Å². The number of rotatable bonds is 5. The minimum atomic E-state index is 0.109. The molecule has 0 saturated carbocycles. The SMILES string of the molecule is CCN1CC(C=C(c2ccccc2)c2ccccc2)N(CC)C1=O. The molecule has 124 valence electrons. The average Bonchev–Trinajstić information content (AvgIpc) is 2.95. The second kappa shape index (κ2) is 7.35. The standard InChI is InChI=1S/C21H24N2O/c1-3-22-16-19(23(4-2)21(22)24)15-20(17-11-7-5-8-12-17)18-13-9-6-10-14-18/h5-15,19H,3-4,16H2,1-2H3. The Hall–Kier alpha value is -2.55. The van der Waals surface area contributed by atoms with Crippen LogP contribution >= 0.6 is 0 Å². The molecule has 2 aromatic carbocycles. The first-order valence-electron chi connectivity index (χ1n) is 8.62. The summed E-state index contributed by atoms with van der Waals surface area (Å²) in [5.74, 6) is 0. The van der Waals surface area contributed by atoms with Gasteiger partial charge in [-0.25, -0.2) is 4.79 Å². The van der Waals surface area contributed by atoms with Gasteiger partial charge >= 0.3 is 6.03 Å². The summed E-state index contributed by atoms with van der Waals surface area (Å²) >= 11 is 0. The number of urea groups is 1. The molecule has 3 heteroatoms. The van der Waals surface area contributed by atoms with E-state index in [-0.39, 0.29) is 12.1 Å². The first kappa shape index (κ1) is 16.3. The molecular formula is C21H24N2O. The van der Waals surface area contributed by atoms with Crippen LogP contribution in [0.1, 0.15) is 25.0 Å². The molecule has 0 spiro atoms. The van der Waals surface area contributed by atoms with Gasteiger partial charge < -0.3 is 9.80 Å². The summed E-state index contributed by atoms with van der Waals surface area (Å²) in [5.41, 5.74) is 3.55. The molecule has 1 heterocycles. The number of amides is 2. The molecule has 24 heavy (non-hydrogen) atoms. The normalized spacial score (nSPS) is 17.2. The summed E-state index contributed by atoms with van der Waals surface area (Å²) in [6.45, 7) is 6.32. The van der Waals surface area contributed by atoms with Crippen LogP contribution in [0.4, 0.5) is 4.79 Å². The van der Waals surface area contributed by atoms with Gasteiger partial charge in [0.2, 0.25) is 0 Å².